The molecule has 3 aromatic rings. The van der Waals surface area contributed by atoms with Crippen LogP contribution >= 0.6 is 35.0 Å². The number of anilines is 1. The number of aromatic nitrogens is 2. The van der Waals surface area contributed by atoms with Gasteiger partial charge in [0.2, 0.25) is 5.91 Å². The third kappa shape index (κ3) is 5.16. The molecule has 0 unspecified atom stereocenters. The van der Waals surface area contributed by atoms with Crippen LogP contribution in [0.4, 0.5) is 5.69 Å². The van der Waals surface area contributed by atoms with Gasteiger partial charge in [-0.1, -0.05) is 41.0 Å². The number of halogens is 2. The highest BCUT2D eigenvalue weighted by Gasteiger charge is 2.15. The van der Waals surface area contributed by atoms with E-state index in [1.165, 1.54) is 16.3 Å². The number of fused-ring (bicyclic) bond motifs is 1. The van der Waals surface area contributed by atoms with Crippen molar-refractivity contribution < 1.29 is 9.53 Å². The summed E-state index contributed by atoms with van der Waals surface area (Å²) in [5.41, 5.74) is 2.78. The van der Waals surface area contributed by atoms with Gasteiger partial charge in [-0.15, -0.1) is 0 Å². The third-order valence-corrected chi connectivity index (χ3v) is 5.94. The average molecular weight is 466 g/mol. The molecule has 30 heavy (non-hydrogen) atoms. The number of nitrogens with one attached hydrogen (secondary N) is 1. The minimum absolute atomic E-state index is 0.0646. The van der Waals surface area contributed by atoms with Gasteiger partial charge in [0.1, 0.15) is 0 Å². The van der Waals surface area contributed by atoms with Gasteiger partial charge < -0.3 is 10.1 Å². The Bertz CT molecular complexity index is 1140. The average Bonchev–Trinajstić information content (AvgIpc) is 2.68. The second-order valence-electron chi connectivity index (χ2n) is 6.78. The lowest BCUT2D eigenvalue weighted by Gasteiger charge is -2.14. The summed E-state index contributed by atoms with van der Waals surface area (Å²) in [7, 11) is 1.56. The van der Waals surface area contributed by atoms with Gasteiger partial charge in [0.25, 0.3) is 5.56 Å². The number of carbonyl (C=O) groups excluding carboxylic acids is 1. The van der Waals surface area contributed by atoms with E-state index in [1.807, 2.05) is 19.9 Å². The molecule has 1 N–H and O–H groups in total. The maximum atomic E-state index is 12.9. The van der Waals surface area contributed by atoms with E-state index in [2.05, 4.69) is 10.3 Å². The zero-order chi connectivity index (χ0) is 21.8. The van der Waals surface area contributed by atoms with Crippen LogP contribution in [0.25, 0.3) is 10.9 Å². The molecule has 0 aliphatic heterocycles. The second kappa shape index (κ2) is 9.83. The number of ether oxygens (including phenoxy) is 1. The predicted octanol–water partition coefficient (Wildman–Crippen LogP) is 4.70. The number of carbonyl (C=O) groups is 1. The van der Waals surface area contributed by atoms with Crippen molar-refractivity contribution in [3.63, 3.8) is 0 Å². The van der Waals surface area contributed by atoms with Crippen LogP contribution in [-0.2, 0) is 16.1 Å². The van der Waals surface area contributed by atoms with Gasteiger partial charge in [-0.2, -0.15) is 0 Å². The second-order valence-corrected chi connectivity index (χ2v) is 8.57. The molecule has 0 saturated heterocycles. The Labute approximate surface area is 188 Å². The van der Waals surface area contributed by atoms with Gasteiger partial charge in [-0.05, 0) is 49.2 Å². The van der Waals surface area contributed by atoms with Crippen LogP contribution in [0.3, 0.4) is 0 Å². The molecule has 0 radical (unpaired) electrons. The zero-order valence-electron chi connectivity index (χ0n) is 16.8. The predicted molar refractivity (Wildman–Crippen MR) is 123 cm³/mol. The topological polar surface area (TPSA) is 73.2 Å². The Morgan fingerprint density at radius 2 is 2.00 bits per heavy atom. The zero-order valence-corrected chi connectivity index (χ0v) is 19.1. The minimum Gasteiger partial charge on any atom is -0.383 e. The SMILES string of the molecule is COCCn1c(SCC(=O)Nc2c(C)cc(C)cc2Cl)nc2cc(Cl)ccc2c1=O. The van der Waals surface area contributed by atoms with Crippen molar-refractivity contribution in [3.8, 4) is 0 Å². The Kier molecular flexibility index (Phi) is 7.41. The first-order valence-electron chi connectivity index (χ1n) is 9.18. The lowest BCUT2D eigenvalue weighted by Crippen LogP contribution is -2.26. The number of amides is 1. The molecule has 0 fully saturated rings. The molecular formula is C21H21Cl2N3O3S. The van der Waals surface area contributed by atoms with Crippen molar-refractivity contribution in [2.75, 3.05) is 24.8 Å². The lowest BCUT2D eigenvalue weighted by atomic mass is 10.1. The fourth-order valence-corrected chi connectivity index (χ4v) is 4.40. The van der Waals surface area contributed by atoms with Crippen molar-refractivity contribution in [1.29, 1.82) is 0 Å². The number of rotatable bonds is 7. The molecule has 1 heterocycles. The fourth-order valence-electron chi connectivity index (χ4n) is 3.04. The Balaban J connectivity index is 1.85. The minimum atomic E-state index is -0.243. The van der Waals surface area contributed by atoms with E-state index in [0.717, 1.165) is 11.1 Å². The van der Waals surface area contributed by atoms with E-state index in [4.69, 9.17) is 27.9 Å². The van der Waals surface area contributed by atoms with Crippen LogP contribution in [0.15, 0.2) is 40.3 Å². The number of nitrogens with zero attached hydrogens (tertiary/aromatic N) is 2. The van der Waals surface area contributed by atoms with Crippen LogP contribution in [0.2, 0.25) is 10.0 Å². The highest BCUT2D eigenvalue weighted by Crippen LogP contribution is 2.28. The van der Waals surface area contributed by atoms with Gasteiger partial charge >= 0.3 is 0 Å². The van der Waals surface area contributed by atoms with Crippen LogP contribution in [0.5, 0.6) is 0 Å². The van der Waals surface area contributed by atoms with Crippen LogP contribution in [0, 0.1) is 13.8 Å². The van der Waals surface area contributed by atoms with Crippen molar-refractivity contribution >= 4 is 57.5 Å². The van der Waals surface area contributed by atoms with Gasteiger partial charge in [0.05, 0.1) is 40.5 Å². The number of methoxy groups -OCH3 is 1. The van der Waals surface area contributed by atoms with E-state index < -0.39 is 0 Å². The highest BCUT2D eigenvalue weighted by atomic mass is 35.5. The van der Waals surface area contributed by atoms with Crippen LogP contribution in [-0.4, -0.2) is 34.9 Å². The van der Waals surface area contributed by atoms with E-state index in [0.29, 0.717) is 44.9 Å². The molecule has 0 aliphatic rings. The summed E-state index contributed by atoms with van der Waals surface area (Å²) in [6.45, 7) is 4.50. The molecule has 0 bridgehead atoms. The molecule has 0 aliphatic carbocycles. The van der Waals surface area contributed by atoms with Crippen LogP contribution < -0.4 is 10.9 Å². The lowest BCUT2D eigenvalue weighted by molar-refractivity contribution is -0.113. The molecule has 1 amide bonds. The fraction of sp³-hybridized carbons (Fsp3) is 0.286. The van der Waals surface area contributed by atoms with Gasteiger partial charge in [0.15, 0.2) is 5.16 Å². The monoisotopic (exact) mass is 465 g/mol. The standard InChI is InChI=1S/C21H21Cl2N3O3S/c1-12-8-13(2)19(16(23)9-12)25-18(27)11-30-21-24-17-10-14(22)4-5-15(17)20(28)26(21)6-7-29-3/h4-5,8-10H,6-7,11H2,1-3H3,(H,25,27). The summed E-state index contributed by atoms with van der Waals surface area (Å²) in [6, 6.07) is 8.69. The smallest absolute Gasteiger partial charge is 0.262 e. The van der Waals surface area contributed by atoms with Crippen molar-refractivity contribution in [2.24, 2.45) is 0 Å². The maximum Gasteiger partial charge on any atom is 0.262 e. The van der Waals surface area contributed by atoms with E-state index in [1.54, 1.807) is 31.4 Å². The number of hydrogen-bond donors (Lipinski definition) is 1. The normalized spacial score (nSPS) is 11.1. The molecule has 3 rings (SSSR count). The van der Waals surface area contributed by atoms with E-state index >= 15 is 0 Å². The molecule has 2 aromatic carbocycles. The van der Waals surface area contributed by atoms with E-state index in [9.17, 15) is 9.59 Å². The Morgan fingerprint density at radius 1 is 1.23 bits per heavy atom. The molecule has 0 atom stereocenters. The summed E-state index contributed by atoms with van der Waals surface area (Å²) >= 11 is 13.5. The van der Waals surface area contributed by atoms with E-state index in [-0.39, 0.29) is 17.2 Å². The molecule has 1 aromatic heterocycles. The number of benzene rings is 2. The molecule has 9 heteroatoms. The van der Waals surface area contributed by atoms with Crippen molar-refractivity contribution in [3.05, 3.63) is 61.9 Å². The summed E-state index contributed by atoms with van der Waals surface area (Å²) in [4.78, 5) is 30.0. The Morgan fingerprint density at radius 3 is 2.70 bits per heavy atom. The molecule has 6 nitrogen and oxygen atoms in total. The quantitative estimate of drug-likeness (QED) is 0.404. The summed E-state index contributed by atoms with van der Waals surface area (Å²) in [6.07, 6.45) is 0. The van der Waals surface area contributed by atoms with Gasteiger partial charge in [-0.3, -0.25) is 14.2 Å². The number of hydrogen-bond acceptors (Lipinski definition) is 5. The molecule has 0 spiro atoms. The maximum absolute atomic E-state index is 12.9. The first-order chi connectivity index (χ1) is 14.3. The van der Waals surface area contributed by atoms with Crippen molar-refractivity contribution in [1.82, 2.24) is 9.55 Å². The van der Waals surface area contributed by atoms with Gasteiger partial charge in [0, 0.05) is 12.1 Å². The first-order valence-corrected chi connectivity index (χ1v) is 10.9. The summed E-state index contributed by atoms with van der Waals surface area (Å²) < 4.78 is 6.63. The largest absolute Gasteiger partial charge is 0.383 e. The number of thioether (sulfide) groups is 1. The van der Waals surface area contributed by atoms with Gasteiger partial charge in [-0.25, -0.2) is 4.98 Å². The number of aryl methyl sites for hydroxylation is 2. The third-order valence-electron chi connectivity index (χ3n) is 4.43. The molecule has 158 valence electrons. The van der Waals surface area contributed by atoms with Crippen molar-refractivity contribution in [2.45, 2.75) is 25.5 Å². The summed E-state index contributed by atoms with van der Waals surface area (Å²) in [5.74, 6) is -0.178. The Hall–Kier alpha value is -2.06. The molecule has 0 saturated carbocycles. The molecular weight excluding hydrogens is 445 g/mol. The highest BCUT2D eigenvalue weighted by molar-refractivity contribution is 7.99. The summed E-state index contributed by atoms with van der Waals surface area (Å²) in [5, 5.41) is 4.71. The first kappa shape index (κ1) is 22.6. The van der Waals surface area contributed by atoms with Crippen LogP contribution in [0.1, 0.15) is 11.1 Å².